The number of nitrogen functional groups attached to an aromatic ring is 2. The number of anilines is 2. The van der Waals surface area contributed by atoms with Gasteiger partial charge in [-0.25, -0.2) is 29.9 Å². The summed E-state index contributed by atoms with van der Waals surface area (Å²) in [6.45, 7) is 13.8. The maximum atomic E-state index is 6.40. The fraction of sp³-hybridized carbons (Fsp3) is 0.407. The van der Waals surface area contributed by atoms with Crippen molar-refractivity contribution in [2.24, 2.45) is 11.8 Å². The molecule has 0 amide bonds. The van der Waals surface area contributed by atoms with Gasteiger partial charge in [0, 0.05) is 46.8 Å². The molecule has 9 heterocycles. The first kappa shape index (κ1) is 52.7. The molecule has 0 radical (unpaired) electrons. The zero-order chi connectivity index (χ0) is 52.1. The number of hydrogen-bond donors (Lipinski definition) is 2. The quantitative estimate of drug-likeness (QED) is 0.118. The van der Waals surface area contributed by atoms with Crippen molar-refractivity contribution in [1.29, 1.82) is 0 Å². The van der Waals surface area contributed by atoms with Crippen molar-refractivity contribution in [2.45, 2.75) is 114 Å². The number of benzene rings is 2. The molecule has 4 N–H and O–H groups in total. The Morgan fingerprint density at radius 2 is 1.18 bits per heavy atom. The number of ether oxygens (including phenoxy) is 5. The van der Waals surface area contributed by atoms with Gasteiger partial charge in [0.05, 0.1) is 56.1 Å². The maximum absolute atomic E-state index is 6.40. The van der Waals surface area contributed by atoms with Gasteiger partial charge in [-0.3, -0.25) is 0 Å². The number of rotatable bonds is 6. The Morgan fingerprint density at radius 3 is 1.73 bits per heavy atom. The van der Waals surface area contributed by atoms with Crippen molar-refractivity contribution in [3.63, 3.8) is 0 Å². The van der Waals surface area contributed by atoms with Crippen LogP contribution in [0.1, 0.15) is 77.4 Å². The van der Waals surface area contributed by atoms with Crippen LogP contribution in [0.4, 0.5) is 11.6 Å². The van der Waals surface area contributed by atoms with E-state index in [0.717, 1.165) is 87.2 Å². The van der Waals surface area contributed by atoms with Crippen LogP contribution < -0.4 is 11.5 Å². The number of hydrogen-bond acceptors (Lipinski definition) is 13. The van der Waals surface area contributed by atoms with Gasteiger partial charge in [0.1, 0.15) is 58.1 Å². The van der Waals surface area contributed by atoms with Crippen LogP contribution in [0.2, 0.25) is 20.4 Å². The minimum Gasteiger partial charge on any atom is -0.382 e. The Kier molecular flexibility index (Phi) is 15.5. The highest BCUT2D eigenvalue weighted by Gasteiger charge is 2.55. The van der Waals surface area contributed by atoms with Crippen molar-refractivity contribution >= 4 is 118 Å². The van der Waals surface area contributed by atoms with E-state index >= 15 is 0 Å². The minimum absolute atomic E-state index is 0.0117. The van der Waals surface area contributed by atoms with Crippen LogP contribution in [-0.2, 0) is 30.1 Å². The van der Waals surface area contributed by atoms with Crippen molar-refractivity contribution in [3.8, 4) is 0 Å². The molecule has 15 nitrogen and oxygen atoms in total. The molecule has 388 valence electrons. The summed E-state index contributed by atoms with van der Waals surface area (Å²) < 4.78 is 35.3. The maximum Gasteiger partial charge on any atom is 0.163 e. The van der Waals surface area contributed by atoms with Crippen molar-refractivity contribution in [3.05, 3.63) is 129 Å². The van der Waals surface area contributed by atoms with E-state index in [2.05, 4.69) is 79.7 Å². The molecule has 20 heteroatoms. The summed E-state index contributed by atoms with van der Waals surface area (Å²) in [5.74, 6) is 0.148. The average molecular weight is 1150 g/mol. The predicted octanol–water partition coefficient (Wildman–Crippen LogP) is 13.0. The molecule has 6 aromatic heterocycles. The monoisotopic (exact) mass is 1140 g/mol. The van der Waals surface area contributed by atoms with Crippen LogP contribution in [0.5, 0.6) is 0 Å². The summed E-state index contributed by atoms with van der Waals surface area (Å²) in [7, 11) is 0. The third-order valence-corrected chi connectivity index (χ3v) is 15.9. The molecule has 2 saturated carbocycles. The molecule has 3 saturated heterocycles. The summed E-state index contributed by atoms with van der Waals surface area (Å²) >= 11 is 27.8. The van der Waals surface area contributed by atoms with E-state index in [-0.39, 0.29) is 42.4 Å². The van der Waals surface area contributed by atoms with Gasteiger partial charge >= 0.3 is 0 Å². The molecule has 0 bridgehead atoms. The van der Waals surface area contributed by atoms with Gasteiger partial charge in [0.15, 0.2) is 11.6 Å². The number of nitrogens with zero attached hydrogens (tertiary/aromatic N) is 8. The first-order valence-corrected chi connectivity index (χ1v) is 27.0. The highest BCUT2D eigenvalue weighted by atomic mass is 79.9. The summed E-state index contributed by atoms with van der Waals surface area (Å²) in [4.78, 5) is 25.6. The molecule has 0 spiro atoms. The summed E-state index contributed by atoms with van der Waals surface area (Å²) in [5, 5.41) is 5.60. The first-order valence-electron chi connectivity index (χ1n) is 24.7. The Labute approximate surface area is 457 Å². The van der Waals surface area contributed by atoms with E-state index in [9.17, 15) is 0 Å². The Hall–Kier alpha value is -4.72. The highest BCUT2D eigenvalue weighted by molar-refractivity contribution is 9.10. The van der Waals surface area contributed by atoms with Crippen LogP contribution in [0, 0.1) is 11.8 Å². The van der Waals surface area contributed by atoms with Gasteiger partial charge in [0.25, 0.3) is 0 Å². The van der Waals surface area contributed by atoms with Gasteiger partial charge in [-0.2, -0.15) is 0 Å². The third kappa shape index (κ3) is 11.1. The minimum atomic E-state index is -0.620. The molecular weight excluding hydrogens is 1090 g/mol. The fourth-order valence-corrected chi connectivity index (χ4v) is 11.9. The second-order valence-corrected chi connectivity index (χ2v) is 22.5. The van der Waals surface area contributed by atoms with E-state index < -0.39 is 11.6 Å². The zero-order valence-electron chi connectivity index (χ0n) is 41.3. The average Bonchev–Trinajstić information content (AvgIpc) is 4.24. The van der Waals surface area contributed by atoms with Crippen LogP contribution >= 0.6 is 62.3 Å². The predicted molar refractivity (Wildman–Crippen MR) is 296 cm³/mol. The molecule has 0 unspecified atom stereocenters. The number of aromatic nitrogens is 8. The molecule has 5 aliphatic rings. The largest absolute Gasteiger partial charge is 0.382 e. The normalized spacial score (nSPS) is 25.3. The lowest BCUT2D eigenvalue weighted by Crippen LogP contribution is -2.27. The SMILES string of the molecule is C1CCOC1.C=C[C@H]1C[C@@H](n2ccc3c(Cl)ncnc32)[C@@H]2OC(C)(C)O[C@@H]21.CC1(C)O[C@@H]2[C@@H](CCc3ccc4cc(Cl)c(N)nc4c3)C[C@@H](n3ccc4c(Cl)ncnc43)[C@@H]2O1.Nc1nc2cc(Br)ccc2cc1Cl. The molecule has 13 rings (SSSR count). The van der Waals surface area contributed by atoms with E-state index in [4.69, 9.17) is 81.6 Å². The molecule has 3 aliphatic heterocycles. The lowest BCUT2D eigenvalue weighted by molar-refractivity contribution is -0.160. The molecule has 8 aromatic rings. The summed E-state index contributed by atoms with van der Waals surface area (Å²) in [5.41, 5.74) is 16.1. The Bertz CT molecular complexity index is 3350. The highest BCUT2D eigenvalue weighted by Crippen LogP contribution is 2.50. The lowest BCUT2D eigenvalue weighted by atomic mass is 9.95. The second kappa shape index (κ2) is 21.7. The van der Waals surface area contributed by atoms with Gasteiger partial charge in [-0.05, 0) is 120 Å². The number of nitrogens with two attached hydrogens (primary N) is 2. The van der Waals surface area contributed by atoms with Gasteiger partial charge in [-0.1, -0.05) is 86.6 Å². The molecule has 2 aliphatic carbocycles. The molecule has 2 aromatic carbocycles. The van der Waals surface area contributed by atoms with E-state index in [1.807, 2.05) is 88.6 Å². The smallest absolute Gasteiger partial charge is 0.163 e. The van der Waals surface area contributed by atoms with E-state index in [1.165, 1.54) is 31.1 Å². The third-order valence-electron chi connectivity index (χ3n) is 14.2. The van der Waals surface area contributed by atoms with E-state index in [1.54, 1.807) is 0 Å². The lowest BCUT2D eigenvalue weighted by Gasteiger charge is -2.24. The van der Waals surface area contributed by atoms with Crippen molar-refractivity contribution in [2.75, 3.05) is 24.7 Å². The number of pyridine rings is 2. The summed E-state index contributed by atoms with van der Waals surface area (Å²) in [6, 6.07) is 19.9. The second-order valence-electron chi connectivity index (χ2n) is 20.1. The summed E-state index contributed by atoms with van der Waals surface area (Å²) in [6.07, 6.45) is 15.3. The van der Waals surface area contributed by atoms with Gasteiger partial charge < -0.3 is 44.3 Å². The standard InChI is InChI=1S/C25H25Cl2N5O2.C16H18ClN3O2.C9H6BrClN2.C4H8O/c1-25(2)33-20-15(6-4-13-3-5-14-10-17(26)23(28)31-18(14)9-13)11-19(21(20)34-25)32-8-7-16-22(27)29-12-30-24(16)32;1-4-9-7-11(13-12(9)21-16(2,3)22-13)20-6-5-10-14(17)18-8-19-15(10)20;10-6-2-1-5-3-7(11)9(12)13-8(5)4-6;1-2-4-5-3-1/h3,5,7-10,12,15,19-21H,4,6,11H2,1-2H3,(H2,28,31);4-6,8-9,11-13H,1,7H2,2-3H3;1-4H,(H2,12,13);1-4H2/t15-,19+,20+,21-;9-,11+,12+,13-;;/m00../s1. The number of aryl methyl sites for hydroxylation is 1. The zero-order valence-corrected chi connectivity index (χ0v) is 45.9. The Balaban J connectivity index is 0.000000133. The van der Waals surface area contributed by atoms with Crippen molar-refractivity contribution < 1.29 is 23.7 Å². The molecular formula is C54H57BrCl4N10O5. The Morgan fingerprint density at radius 1 is 0.662 bits per heavy atom. The molecule has 5 fully saturated rings. The van der Waals surface area contributed by atoms with Crippen LogP contribution in [0.15, 0.2) is 103 Å². The van der Waals surface area contributed by atoms with Gasteiger partial charge in [-0.15, -0.1) is 6.58 Å². The van der Waals surface area contributed by atoms with Crippen LogP contribution in [-0.4, -0.2) is 88.2 Å². The first-order chi connectivity index (χ1) is 35.5. The van der Waals surface area contributed by atoms with Gasteiger partial charge in [0.2, 0.25) is 0 Å². The van der Waals surface area contributed by atoms with E-state index in [0.29, 0.717) is 37.9 Å². The topological polar surface area (TPSA) is 185 Å². The fourth-order valence-electron chi connectivity index (χ4n) is 10.9. The molecule has 8 atom stereocenters. The van der Waals surface area contributed by atoms with Crippen LogP contribution in [0.3, 0.4) is 0 Å². The van der Waals surface area contributed by atoms with Crippen LogP contribution in [0.25, 0.3) is 43.9 Å². The number of halogens is 5. The molecule has 74 heavy (non-hydrogen) atoms. The number of fused-ring (bicyclic) bond motifs is 6. The van der Waals surface area contributed by atoms with Crippen molar-refractivity contribution in [1.82, 2.24) is 39.0 Å².